The lowest BCUT2D eigenvalue weighted by Crippen LogP contribution is -2.45. The number of hydrogen-bond acceptors (Lipinski definition) is 3. The molecule has 1 fully saturated rings. The van der Waals surface area contributed by atoms with Crippen LogP contribution in [0.2, 0.25) is 5.02 Å². The first-order valence-electron chi connectivity index (χ1n) is 6.63. The fraction of sp³-hybridized carbons (Fsp3) is 0.538. The van der Waals surface area contributed by atoms with E-state index in [1.54, 1.807) is 0 Å². The van der Waals surface area contributed by atoms with Gasteiger partial charge in [0, 0.05) is 23.6 Å². The number of piperidine rings is 1. The average Bonchev–Trinajstić information content (AvgIpc) is 2.37. The number of halogens is 3. The third-order valence-corrected chi connectivity index (χ3v) is 6.99. The molecule has 2 N–H and O–H groups in total. The van der Waals surface area contributed by atoms with Gasteiger partial charge in [0.15, 0.2) is 0 Å². The minimum absolute atomic E-state index is 0.0740. The Labute approximate surface area is 137 Å². The predicted octanol–water partition coefficient (Wildman–Crippen LogP) is 2.99. The van der Waals surface area contributed by atoms with Crippen molar-refractivity contribution in [2.75, 3.05) is 13.1 Å². The summed E-state index contributed by atoms with van der Waals surface area (Å²) in [6, 6.07) is 2.04. The minimum Gasteiger partial charge on any atom is -0.328 e. The van der Waals surface area contributed by atoms with E-state index in [2.05, 4.69) is 15.9 Å². The van der Waals surface area contributed by atoms with E-state index < -0.39 is 15.8 Å². The molecule has 1 aromatic rings. The highest BCUT2D eigenvalue weighted by atomic mass is 79.9. The van der Waals surface area contributed by atoms with Gasteiger partial charge < -0.3 is 5.73 Å². The Kier molecular flexibility index (Phi) is 5.31. The third-order valence-electron chi connectivity index (χ3n) is 3.73. The molecule has 1 aliphatic rings. The summed E-state index contributed by atoms with van der Waals surface area (Å²) in [6.45, 7) is 2.66. The van der Waals surface area contributed by atoms with Crippen LogP contribution in [0, 0.1) is 11.7 Å². The Hall–Kier alpha value is -0.210. The average molecular weight is 400 g/mol. The van der Waals surface area contributed by atoms with Crippen molar-refractivity contribution in [3.8, 4) is 0 Å². The number of nitrogens with zero attached hydrogens (tertiary/aromatic N) is 1. The van der Waals surface area contributed by atoms with Gasteiger partial charge in [-0.05, 0) is 53.7 Å². The van der Waals surface area contributed by atoms with Crippen LogP contribution in [0.1, 0.15) is 19.8 Å². The summed E-state index contributed by atoms with van der Waals surface area (Å²) in [5.74, 6) is -0.468. The Balaban J connectivity index is 2.39. The molecule has 118 valence electrons. The molecular weight excluding hydrogens is 383 g/mol. The molecular formula is C13H17BrClFN2O2S. The maximum atomic E-state index is 13.3. The molecule has 1 aromatic carbocycles. The highest BCUT2D eigenvalue weighted by molar-refractivity contribution is 9.10. The standard InChI is InChI=1S/C13H17BrClFN2O2S/c1-8(17)9-3-2-4-18(7-9)21(19,20)13-11(14)5-10(16)6-12(13)15/h5-6,8-9H,2-4,7,17H2,1H3. The van der Waals surface area contributed by atoms with E-state index in [-0.39, 0.29) is 26.4 Å². The first kappa shape index (κ1) is 17.1. The van der Waals surface area contributed by atoms with E-state index in [0.29, 0.717) is 13.1 Å². The van der Waals surface area contributed by atoms with Crippen LogP contribution in [-0.2, 0) is 10.0 Å². The lowest BCUT2D eigenvalue weighted by atomic mass is 9.93. The normalized spacial score (nSPS) is 22.2. The number of hydrogen-bond donors (Lipinski definition) is 1. The molecule has 1 heterocycles. The fourth-order valence-corrected chi connectivity index (χ4v) is 5.81. The third kappa shape index (κ3) is 3.59. The van der Waals surface area contributed by atoms with Crippen LogP contribution in [0.15, 0.2) is 21.5 Å². The summed E-state index contributed by atoms with van der Waals surface area (Å²) in [6.07, 6.45) is 1.66. The Bertz CT molecular complexity index is 616. The van der Waals surface area contributed by atoms with E-state index >= 15 is 0 Å². The minimum atomic E-state index is -3.77. The lowest BCUT2D eigenvalue weighted by Gasteiger charge is -2.34. The Morgan fingerprint density at radius 3 is 2.76 bits per heavy atom. The van der Waals surface area contributed by atoms with Crippen LogP contribution in [0.4, 0.5) is 4.39 Å². The molecule has 2 atom stereocenters. The monoisotopic (exact) mass is 398 g/mol. The molecule has 0 bridgehead atoms. The summed E-state index contributed by atoms with van der Waals surface area (Å²) < 4.78 is 40.3. The first-order chi connectivity index (χ1) is 9.73. The summed E-state index contributed by atoms with van der Waals surface area (Å²) >= 11 is 9.03. The van der Waals surface area contributed by atoms with Crippen LogP contribution in [0.3, 0.4) is 0 Å². The molecule has 2 rings (SSSR count). The number of nitrogens with two attached hydrogens (primary N) is 1. The molecule has 21 heavy (non-hydrogen) atoms. The zero-order valence-electron chi connectivity index (χ0n) is 11.5. The Morgan fingerprint density at radius 1 is 1.52 bits per heavy atom. The van der Waals surface area contributed by atoms with E-state index in [9.17, 15) is 12.8 Å². The van der Waals surface area contributed by atoms with Crippen molar-refractivity contribution in [2.24, 2.45) is 11.7 Å². The topological polar surface area (TPSA) is 63.4 Å². The second-order valence-corrected chi connectivity index (χ2v) is 8.46. The summed E-state index contributed by atoms with van der Waals surface area (Å²) in [7, 11) is -3.77. The van der Waals surface area contributed by atoms with E-state index in [1.165, 1.54) is 4.31 Å². The zero-order valence-corrected chi connectivity index (χ0v) is 14.7. The van der Waals surface area contributed by atoms with Crippen molar-refractivity contribution in [3.05, 3.63) is 27.4 Å². The van der Waals surface area contributed by atoms with Gasteiger partial charge in [0.05, 0.1) is 5.02 Å². The SMILES string of the molecule is CC(N)C1CCCN(S(=O)(=O)c2c(Cl)cc(F)cc2Br)C1. The van der Waals surface area contributed by atoms with Crippen molar-refractivity contribution in [1.29, 1.82) is 0 Å². The molecule has 0 aromatic heterocycles. The number of rotatable bonds is 3. The number of benzene rings is 1. The summed E-state index contributed by atoms with van der Waals surface area (Å²) in [5.41, 5.74) is 5.88. The van der Waals surface area contributed by atoms with Gasteiger partial charge in [-0.3, -0.25) is 0 Å². The molecule has 4 nitrogen and oxygen atoms in total. The van der Waals surface area contributed by atoms with E-state index in [1.807, 2.05) is 6.92 Å². The molecule has 0 saturated carbocycles. The van der Waals surface area contributed by atoms with Crippen LogP contribution < -0.4 is 5.73 Å². The largest absolute Gasteiger partial charge is 0.328 e. The van der Waals surface area contributed by atoms with Crippen molar-refractivity contribution in [3.63, 3.8) is 0 Å². The smallest absolute Gasteiger partial charge is 0.245 e. The maximum absolute atomic E-state index is 13.3. The van der Waals surface area contributed by atoms with Crippen LogP contribution in [-0.4, -0.2) is 31.9 Å². The molecule has 0 amide bonds. The van der Waals surface area contributed by atoms with Gasteiger partial charge in [-0.15, -0.1) is 0 Å². The number of sulfonamides is 1. The van der Waals surface area contributed by atoms with Crippen LogP contribution in [0.5, 0.6) is 0 Å². The van der Waals surface area contributed by atoms with Gasteiger partial charge in [-0.2, -0.15) is 4.31 Å². The Morgan fingerprint density at radius 2 is 2.19 bits per heavy atom. The summed E-state index contributed by atoms with van der Waals surface area (Å²) in [5, 5.41) is -0.121. The predicted molar refractivity (Wildman–Crippen MR) is 84.2 cm³/mol. The molecule has 8 heteroatoms. The van der Waals surface area contributed by atoms with Crippen LogP contribution >= 0.6 is 27.5 Å². The highest BCUT2D eigenvalue weighted by Gasteiger charge is 2.34. The fourth-order valence-electron chi connectivity index (χ4n) is 2.53. The van der Waals surface area contributed by atoms with E-state index in [4.69, 9.17) is 17.3 Å². The lowest BCUT2D eigenvalue weighted by molar-refractivity contribution is 0.243. The summed E-state index contributed by atoms with van der Waals surface area (Å²) in [4.78, 5) is -0.0871. The van der Waals surface area contributed by atoms with Crippen molar-refractivity contribution in [2.45, 2.75) is 30.7 Å². The van der Waals surface area contributed by atoms with Gasteiger partial charge in [0.25, 0.3) is 0 Å². The van der Waals surface area contributed by atoms with Crippen LogP contribution in [0.25, 0.3) is 0 Å². The zero-order chi connectivity index (χ0) is 15.8. The first-order valence-corrected chi connectivity index (χ1v) is 9.25. The second kappa shape index (κ2) is 6.50. The van der Waals surface area contributed by atoms with Crippen molar-refractivity contribution < 1.29 is 12.8 Å². The van der Waals surface area contributed by atoms with Gasteiger partial charge >= 0.3 is 0 Å². The molecule has 1 saturated heterocycles. The maximum Gasteiger partial charge on any atom is 0.245 e. The van der Waals surface area contributed by atoms with Gasteiger partial charge in [0.2, 0.25) is 10.0 Å². The van der Waals surface area contributed by atoms with Gasteiger partial charge in [-0.25, -0.2) is 12.8 Å². The molecule has 2 unspecified atom stereocenters. The molecule has 1 aliphatic heterocycles. The van der Waals surface area contributed by atoms with Gasteiger partial charge in [-0.1, -0.05) is 11.6 Å². The second-order valence-electron chi connectivity index (χ2n) is 5.32. The van der Waals surface area contributed by atoms with Gasteiger partial charge in [0.1, 0.15) is 10.7 Å². The van der Waals surface area contributed by atoms with E-state index in [0.717, 1.165) is 25.0 Å². The molecule has 0 radical (unpaired) electrons. The highest BCUT2D eigenvalue weighted by Crippen LogP contribution is 2.34. The van der Waals surface area contributed by atoms with Crippen molar-refractivity contribution in [1.82, 2.24) is 4.31 Å². The quantitative estimate of drug-likeness (QED) is 0.850. The van der Waals surface area contributed by atoms with Crippen molar-refractivity contribution >= 4 is 37.6 Å². The molecule has 0 aliphatic carbocycles. The molecule has 0 spiro atoms.